The highest BCUT2D eigenvalue weighted by atomic mass is 19.4. The second-order valence-electron chi connectivity index (χ2n) is 3.28. The van der Waals surface area contributed by atoms with Crippen LogP contribution in [-0.4, -0.2) is 17.6 Å². The minimum atomic E-state index is -4.66. The quantitative estimate of drug-likeness (QED) is 0.848. The second kappa shape index (κ2) is 5.07. The van der Waals surface area contributed by atoms with E-state index in [1.807, 2.05) is 0 Å². The minimum Gasteiger partial charge on any atom is -0.462 e. The zero-order valence-corrected chi connectivity index (χ0v) is 9.54. The molecule has 4 nitrogen and oxygen atoms in total. The maximum absolute atomic E-state index is 12.6. The van der Waals surface area contributed by atoms with Gasteiger partial charge in [-0.15, -0.1) is 0 Å². The molecular formula is C11H11F3N2O2. The summed E-state index contributed by atoms with van der Waals surface area (Å²) in [7, 11) is 0. The van der Waals surface area contributed by atoms with Crippen molar-refractivity contribution in [1.82, 2.24) is 4.98 Å². The molecule has 0 amide bonds. The molecule has 1 heterocycles. The van der Waals surface area contributed by atoms with Crippen molar-refractivity contribution in [2.75, 3.05) is 12.3 Å². The van der Waals surface area contributed by atoms with Crippen LogP contribution >= 0.6 is 0 Å². The summed E-state index contributed by atoms with van der Waals surface area (Å²) in [5.41, 5.74) is 3.62. The van der Waals surface area contributed by atoms with E-state index in [0.29, 0.717) is 0 Å². The molecule has 18 heavy (non-hydrogen) atoms. The van der Waals surface area contributed by atoms with E-state index in [2.05, 4.69) is 16.3 Å². The Hall–Kier alpha value is -2.05. The van der Waals surface area contributed by atoms with E-state index < -0.39 is 23.7 Å². The summed E-state index contributed by atoms with van der Waals surface area (Å²) in [6, 6.07) is 0.968. The standard InChI is InChI=1S/C11H11F3N2O2/c1-3-6-5-7(10(17)18-4-2)9(15)16-8(6)11(12,13)14/h3,5H,1,4H2,2H3,(H2,15,16). The fourth-order valence-corrected chi connectivity index (χ4v) is 1.30. The Bertz CT molecular complexity index is 484. The Morgan fingerprint density at radius 2 is 2.22 bits per heavy atom. The molecule has 0 atom stereocenters. The Kier molecular flexibility index (Phi) is 3.95. The van der Waals surface area contributed by atoms with E-state index in [1.165, 1.54) is 0 Å². The van der Waals surface area contributed by atoms with Crippen molar-refractivity contribution < 1.29 is 22.7 Å². The monoisotopic (exact) mass is 260 g/mol. The van der Waals surface area contributed by atoms with Crippen LogP contribution in [0.3, 0.4) is 0 Å². The molecule has 0 bridgehead atoms. The lowest BCUT2D eigenvalue weighted by Crippen LogP contribution is -2.16. The van der Waals surface area contributed by atoms with E-state index >= 15 is 0 Å². The second-order valence-corrected chi connectivity index (χ2v) is 3.28. The Labute approximate surface area is 101 Å². The highest BCUT2D eigenvalue weighted by Gasteiger charge is 2.36. The van der Waals surface area contributed by atoms with Gasteiger partial charge in [0, 0.05) is 5.56 Å². The molecule has 0 saturated carbocycles. The number of anilines is 1. The number of hydrogen-bond acceptors (Lipinski definition) is 4. The predicted molar refractivity (Wildman–Crippen MR) is 59.7 cm³/mol. The first kappa shape index (κ1) is 14.0. The predicted octanol–water partition coefficient (Wildman–Crippen LogP) is 2.50. The highest BCUT2D eigenvalue weighted by molar-refractivity contribution is 5.94. The molecule has 0 aromatic carbocycles. The summed E-state index contributed by atoms with van der Waals surface area (Å²) in [5, 5.41) is 0. The summed E-state index contributed by atoms with van der Waals surface area (Å²) in [6.07, 6.45) is -3.71. The van der Waals surface area contributed by atoms with Crippen LogP contribution in [0.5, 0.6) is 0 Å². The number of halogens is 3. The third-order valence-electron chi connectivity index (χ3n) is 2.07. The molecule has 2 N–H and O–H groups in total. The van der Waals surface area contributed by atoms with Crippen molar-refractivity contribution >= 4 is 17.9 Å². The van der Waals surface area contributed by atoms with E-state index in [9.17, 15) is 18.0 Å². The van der Waals surface area contributed by atoms with Gasteiger partial charge < -0.3 is 10.5 Å². The highest BCUT2D eigenvalue weighted by Crippen LogP contribution is 2.32. The number of hydrogen-bond donors (Lipinski definition) is 1. The molecule has 0 radical (unpaired) electrons. The number of rotatable bonds is 3. The van der Waals surface area contributed by atoms with Crippen molar-refractivity contribution in [2.45, 2.75) is 13.1 Å². The third kappa shape index (κ3) is 2.79. The fourth-order valence-electron chi connectivity index (χ4n) is 1.30. The molecule has 0 unspecified atom stereocenters. The number of esters is 1. The van der Waals surface area contributed by atoms with Crippen molar-refractivity contribution in [3.05, 3.63) is 29.5 Å². The van der Waals surface area contributed by atoms with Gasteiger partial charge in [-0.2, -0.15) is 13.2 Å². The molecule has 0 aliphatic carbocycles. The summed E-state index contributed by atoms with van der Waals surface area (Å²) < 4.78 is 42.5. The first-order chi connectivity index (χ1) is 8.31. The van der Waals surface area contributed by atoms with Crippen LogP contribution in [0.2, 0.25) is 0 Å². The van der Waals surface area contributed by atoms with Gasteiger partial charge >= 0.3 is 12.1 Å². The van der Waals surface area contributed by atoms with E-state index in [0.717, 1.165) is 12.1 Å². The number of nitrogen functional groups attached to an aromatic ring is 1. The van der Waals surface area contributed by atoms with Gasteiger partial charge in [0.1, 0.15) is 11.4 Å². The third-order valence-corrected chi connectivity index (χ3v) is 2.07. The zero-order chi connectivity index (χ0) is 13.9. The molecule has 0 spiro atoms. The molecule has 1 aromatic heterocycles. The van der Waals surface area contributed by atoms with Crippen molar-refractivity contribution in [3.63, 3.8) is 0 Å². The maximum atomic E-state index is 12.6. The van der Waals surface area contributed by atoms with Gasteiger partial charge in [0.05, 0.1) is 6.61 Å². The van der Waals surface area contributed by atoms with Crippen LogP contribution < -0.4 is 5.73 Å². The summed E-state index contributed by atoms with van der Waals surface area (Å²) >= 11 is 0. The number of carbonyl (C=O) groups is 1. The number of aromatic nitrogens is 1. The Morgan fingerprint density at radius 3 is 2.67 bits per heavy atom. The normalized spacial score (nSPS) is 11.1. The van der Waals surface area contributed by atoms with E-state index in [4.69, 9.17) is 5.73 Å². The van der Waals surface area contributed by atoms with E-state index in [-0.39, 0.29) is 17.7 Å². The van der Waals surface area contributed by atoms with Crippen molar-refractivity contribution in [2.24, 2.45) is 0 Å². The molecule has 1 rings (SSSR count). The van der Waals surface area contributed by atoms with Crippen LogP contribution in [0.1, 0.15) is 28.5 Å². The lowest BCUT2D eigenvalue weighted by molar-refractivity contribution is -0.141. The Balaban J connectivity index is 3.36. The van der Waals surface area contributed by atoms with Crippen molar-refractivity contribution in [1.29, 1.82) is 0 Å². The van der Waals surface area contributed by atoms with Gasteiger partial charge in [-0.3, -0.25) is 0 Å². The largest absolute Gasteiger partial charge is 0.462 e. The molecule has 0 aliphatic rings. The maximum Gasteiger partial charge on any atom is 0.434 e. The molecule has 0 fully saturated rings. The summed E-state index contributed by atoms with van der Waals surface area (Å²) in [5.74, 6) is -1.34. The topological polar surface area (TPSA) is 65.2 Å². The van der Waals surface area contributed by atoms with Crippen LogP contribution in [-0.2, 0) is 10.9 Å². The van der Waals surface area contributed by atoms with Gasteiger partial charge in [-0.05, 0) is 13.0 Å². The number of nitrogens with zero attached hydrogens (tertiary/aromatic N) is 1. The van der Waals surface area contributed by atoms with E-state index in [1.54, 1.807) is 6.92 Å². The first-order valence-corrected chi connectivity index (χ1v) is 4.98. The smallest absolute Gasteiger partial charge is 0.434 e. The molecular weight excluding hydrogens is 249 g/mol. The van der Waals surface area contributed by atoms with Crippen LogP contribution in [0.4, 0.5) is 19.0 Å². The number of pyridine rings is 1. The lowest BCUT2D eigenvalue weighted by atomic mass is 10.1. The van der Waals surface area contributed by atoms with Gasteiger partial charge in [-0.1, -0.05) is 12.7 Å². The van der Waals surface area contributed by atoms with Crippen molar-refractivity contribution in [3.8, 4) is 0 Å². The summed E-state index contributed by atoms with van der Waals surface area (Å²) in [4.78, 5) is 14.6. The van der Waals surface area contributed by atoms with Crippen LogP contribution in [0.25, 0.3) is 6.08 Å². The SMILES string of the molecule is C=Cc1cc(C(=O)OCC)c(N)nc1C(F)(F)F. The van der Waals surface area contributed by atoms with Crippen LogP contribution in [0.15, 0.2) is 12.6 Å². The molecule has 7 heteroatoms. The van der Waals surface area contributed by atoms with Gasteiger partial charge in [0.2, 0.25) is 0 Å². The first-order valence-electron chi connectivity index (χ1n) is 4.98. The number of carbonyl (C=O) groups excluding carboxylic acids is 1. The molecule has 0 saturated heterocycles. The van der Waals surface area contributed by atoms with Gasteiger partial charge in [0.15, 0.2) is 5.69 Å². The number of nitrogens with two attached hydrogens (primary N) is 1. The van der Waals surface area contributed by atoms with Gasteiger partial charge in [-0.25, -0.2) is 9.78 Å². The lowest BCUT2D eigenvalue weighted by Gasteiger charge is -2.12. The number of ether oxygens (including phenoxy) is 1. The molecule has 1 aromatic rings. The molecule has 98 valence electrons. The minimum absolute atomic E-state index is 0.0860. The summed E-state index contributed by atoms with van der Waals surface area (Å²) in [6.45, 7) is 4.90. The zero-order valence-electron chi connectivity index (χ0n) is 9.54. The average molecular weight is 260 g/mol. The number of alkyl halides is 3. The average Bonchev–Trinajstić information content (AvgIpc) is 2.27. The van der Waals surface area contributed by atoms with Gasteiger partial charge in [0.25, 0.3) is 0 Å². The molecule has 0 aliphatic heterocycles. The Morgan fingerprint density at radius 1 is 1.61 bits per heavy atom. The van der Waals surface area contributed by atoms with Crippen LogP contribution in [0, 0.1) is 0 Å². The fraction of sp³-hybridized carbons (Fsp3) is 0.273.